The number of aromatic carboxylic acids is 1. The Morgan fingerprint density at radius 3 is 2.41 bits per heavy atom. The van der Waals surface area contributed by atoms with E-state index in [1.54, 1.807) is 6.07 Å². The van der Waals surface area contributed by atoms with E-state index in [9.17, 15) is 13.2 Å². The number of rotatable bonds is 2. The third-order valence-electron chi connectivity index (χ3n) is 2.68. The van der Waals surface area contributed by atoms with Crippen LogP contribution in [0.15, 0.2) is 18.3 Å². The lowest BCUT2D eigenvalue weighted by molar-refractivity contribution is 0.0690. The minimum absolute atomic E-state index is 0.0154. The molecule has 2 rings (SSSR count). The molecular weight excluding hydrogens is 244 g/mol. The van der Waals surface area contributed by atoms with Crippen molar-refractivity contribution in [2.24, 2.45) is 0 Å². The standard InChI is InChI=1S/C10H12N2O4S/c13-10(14)9-2-1-8(7-11-9)12-3-5-17(15,16)6-4-12/h1-2,7H,3-6H2,(H,13,14). The molecule has 1 aromatic rings. The fourth-order valence-corrected chi connectivity index (χ4v) is 2.87. The number of hydrogen-bond donors (Lipinski definition) is 1. The van der Waals surface area contributed by atoms with Crippen molar-refractivity contribution in [2.45, 2.75) is 0 Å². The van der Waals surface area contributed by atoms with Gasteiger partial charge in [-0.15, -0.1) is 0 Å². The van der Waals surface area contributed by atoms with Gasteiger partial charge in [0.25, 0.3) is 0 Å². The maximum atomic E-state index is 11.3. The molecule has 17 heavy (non-hydrogen) atoms. The van der Waals surface area contributed by atoms with Crippen molar-refractivity contribution in [1.29, 1.82) is 0 Å². The number of anilines is 1. The fourth-order valence-electron chi connectivity index (χ4n) is 1.67. The Balaban J connectivity index is 2.11. The lowest BCUT2D eigenvalue weighted by atomic mass is 10.3. The Morgan fingerprint density at radius 2 is 1.94 bits per heavy atom. The van der Waals surface area contributed by atoms with Crippen LogP contribution < -0.4 is 4.90 Å². The number of sulfone groups is 1. The summed E-state index contributed by atoms with van der Waals surface area (Å²) in [6.45, 7) is 0.854. The first-order chi connectivity index (χ1) is 7.98. The van der Waals surface area contributed by atoms with Gasteiger partial charge in [-0.1, -0.05) is 0 Å². The molecule has 0 aromatic carbocycles. The van der Waals surface area contributed by atoms with E-state index in [0.29, 0.717) is 13.1 Å². The van der Waals surface area contributed by atoms with Crippen LogP contribution in [-0.4, -0.2) is 49.1 Å². The zero-order chi connectivity index (χ0) is 12.5. The van der Waals surface area contributed by atoms with Crippen molar-refractivity contribution in [3.05, 3.63) is 24.0 Å². The van der Waals surface area contributed by atoms with Gasteiger partial charge in [0.1, 0.15) is 5.69 Å². The molecule has 0 aliphatic carbocycles. The van der Waals surface area contributed by atoms with Crippen LogP contribution >= 0.6 is 0 Å². The fraction of sp³-hybridized carbons (Fsp3) is 0.400. The van der Waals surface area contributed by atoms with Crippen molar-refractivity contribution < 1.29 is 18.3 Å². The molecule has 0 saturated carbocycles. The van der Waals surface area contributed by atoms with Gasteiger partial charge in [-0.25, -0.2) is 18.2 Å². The lowest BCUT2D eigenvalue weighted by Gasteiger charge is -2.28. The summed E-state index contributed by atoms with van der Waals surface area (Å²) in [5.74, 6) is -0.806. The molecule has 1 aliphatic heterocycles. The molecule has 92 valence electrons. The van der Waals surface area contributed by atoms with E-state index in [4.69, 9.17) is 5.11 Å². The molecule has 0 bridgehead atoms. The average molecular weight is 256 g/mol. The SMILES string of the molecule is O=C(O)c1ccc(N2CCS(=O)(=O)CC2)cn1. The van der Waals surface area contributed by atoms with Gasteiger partial charge >= 0.3 is 5.97 Å². The molecular formula is C10H12N2O4S. The zero-order valence-corrected chi connectivity index (χ0v) is 9.85. The third kappa shape index (κ3) is 2.73. The minimum Gasteiger partial charge on any atom is -0.477 e. The van der Waals surface area contributed by atoms with Gasteiger partial charge in [-0.05, 0) is 12.1 Å². The molecule has 1 saturated heterocycles. The highest BCUT2D eigenvalue weighted by Crippen LogP contribution is 2.16. The topological polar surface area (TPSA) is 87.6 Å². The zero-order valence-electron chi connectivity index (χ0n) is 9.04. The predicted octanol–water partition coefficient (Wildman–Crippen LogP) is 0.0146. The summed E-state index contributed by atoms with van der Waals surface area (Å²) in [5.41, 5.74) is 0.739. The summed E-state index contributed by atoms with van der Waals surface area (Å²) in [6.07, 6.45) is 1.46. The lowest BCUT2D eigenvalue weighted by Crippen LogP contribution is -2.40. The average Bonchev–Trinajstić information content (AvgIpc) is 2.29. The Labute approximate surface area is 98.8 Å². The minimum atomic E-state index is -2.90. The first kappa shape index (κ1) is 11.8. The number of aromatic nitrogens is 1. The number of hydrogen-bond acceptors (Lipinski definition) is 5. The van der Waals surface area contributed by atoms with Crippen molar-refractivity contribution in [1.82, 2.24) is 4.98 Å². The molecule has 2 heterocycles. The van der Waals surface area contributed by atoms with Crippen LogP contribution in [0.3, 0.4) is 0 Å². The summed E-state index contributed by atoms with van der Waals surface area (Å²) < 4.78 is 22.5. The van der Waals surface area contributed by atoms with E-state index in [-0.39, 0.29) is 17.2 Å². The normalized spacial score (nSPS) is 18.9. The van der Waals surface area contributed by atoms with Crippen molar-refractivity contribution >= 4 is 21.5 Å². The number of carboxylic acid groups (broad SMARTS) is 1. The second-order valence-corrected chi connectivity index (χ2v) is 6.15. The number of pyridine rings is 1. The quantitative estimate of drug-likeness (QED) is 0.802. The Hall–Kier alpha value is -1.63. The van der Waals surface area contributed by atoms with E-state index < -0.39 is 15.8 Å². The van der Waals surface area contributed by atoms with Crippen LogP contribution in [0.4, 0.5) is 5.69 Å². The van der Waals surface area contributed by atoms with Gasteiger partial charge in [0.05, 0.1) is 23.4 Å². The van der Waals surface area contributed by atoms with Gasteiger partial charge in [0.15, 0.2) is 9.84 Å². The number of nitrogens with zero attached hydrogens (tertiary/aromatic N) is 2. The molecule has 0 radical (unpaired) electrons. The Morgan fingerprint density at radius 1 is 1.29 bits per heavy atom. The van der Waals surface area contributed by atoms with Gasteiger partial charge in [0, 0.05) is 13.1 Å². The highest BCUT2D eigenvalue weighted by Gasteiger charge is 2.21. The molecule has 1 fully saturated rings. The Bertz CT molecular complexity index is 510. The summed E-state index contributed by atoms with van der Waals surface area (Å²) in [6, 6.07) is 3.06. The summed E-state index contributed by atoms with van der Waals surface area (Å²) in [5, 5.41) is 8.70. The highest BCUT2D eigenvalue weighted by atomic mass is 32.2. The van der Waals surface area contributed by atoms with Crippen molar-refractivity contribution in [3.8, 4) is 0 Å². The van der Waals surface area contributed by atoms with Gasteiger partial charge < -0.3 is 10.0 Å². The van der Waals surface area contributed by atoms with Crippen LogP contribution in [0.25, 0.3) is 0 Å². The van der Waals surface area contributed by atoms with E-state index in [2.05, 4.69) is 4.98 Å². The third-order valence-corrected chi connectivity index (χ3v) is 4.29. The summed E-state index contributed by atoms with van der Waals surface area (Å²) in [4.78, 5) is 16.3. The van der Waals surface area contributed by atoms with Crippen LogP contribution in [0.1, 0.15) is 10.5 Å². The molecule has 0 unspecified atom stereocenters. The monoisotopic (exact) mass is 256 g/mol. The predicted molar refractivity (Wildman–Crippen MR) is 62.1 cm³/mol. The molecule has 0 spiro atoms. The second kappa shape index (κ2) is 4.33. The van der Waals surface area contributed by atoms with Gasteiger partial charge in [-0.2, -0.15) is 0 Å². The van der Waals surface area contributed by atoms with Crippen molar-refractivity contribution in [2.75, 3.05) is 29.5 Å². The first-order valence-electron chi connectivity index (χ1n) is 5.13. The van der Waals surface area contributed by atoms with E-state index in [1.807, 2.05) is 4.90 Å². The smallest absolute Gasteiger partial charge is 0.354 e. The van der Waals surface area contributed by atoms with E-state index in [0.717, 1.165) is 5.69 Å². The second-order valence-electron chi connectivity index (χ2n) is 3.85. The van der Waals surface area contributed by atoms with Crippen LogP contribution in [0.2, 0.25) is 0 Å². The van der Waals surface area contributed by atoms with E-state index >= 15 is 0 Å². The number of carbonyl (C=O) groups is 1. The molecule has 6 nitrogen and oxygen atoms in total. The maximum Gasteiger partial charge on any atom is 0.354 e. The molecule has 1 aliphatic rings. The van der Waals surface area contributed by atoms with Crippen LogP contribution in [0.5, 0.6) is 0 Å². The van der Waals surface area contributed by atoms with E-state index in [1.165, 1.54) is 12.3 Å². The van der Waals surface area contributed by atoms with Crippen LogP contribution in [-0.2, 0) is 9.84 Å². The van der Waals surface area contributed by atoms with Gasteiger partial charge in [-0.3, -0.25) is 0 Å². The molecule has 0 atom stereocenters. The summed E-state index contributed by atoms with van der Waals surface area (Å²) in [7, 11) is -2.90. The molecule has 1 aromatic heterocycles. The van der Waals surface area contributed by atoms with Crippen molar-refractivity contribution in [3.63, 3.8) is 0 Å². The molecule has 7 heteroatoms. The maximum absolute atomic E-state index is 11.3. The Kier molecular flexibility index (Phi) is 3.01. The summed E-state index contributed by atoms with van der Waals surface area (Å²) >= 11 is 0. The number of carboxylic acids is 1. The molecule has 1 N–H and O–H groups in total. The van der Waals surface area contributed by atoms with Crippen LogP contribution in [0, 0.1) is 0 Å². The van der Waals surface area contributed by atoms with Gasteiger partial charge in [0.2, 0.25) is 0 Å². The first-order valence-corrected chi connectivity index (χ1v) is 6.95. The molecule has 0 amide bonds. The highest BCUT2D eigenvalue weighted by molar-refractivity contribution is 7.91. The largest absolute Gasteiger partial charge is 0.477 e.